The number of Topliss-reactive ketones (excluding diaryl/α,β-unsaturated/α-hetero) is 2. The molecule has 0 aromatic heterocycles. The van der Waals surface area contributed by atoms with Crippen molar-refractivity contribution in [2.24, 2.45) is 0 Å². The maximum atomic E-state index is 13.3. The molecule has 0 saturated heterocycles. The number of carbonyl (C=O) groups excluding carboxylic acids is 3. The highest BCUT2D eigenvalue weighted by Crippen LogP contribution is 2.44. The third kappa shape index (κ3) is 5.27. The van der Waals surface area contributed by atoms with E-state index >= 15 is 0 Å². The van der Waals surface area contributed by atoms with E-state index < -0.39 is 23.1 Å². The Hall–Kier alpha value is -3.93. The quantitative estimate of drug-likeness (QED) is 0.258. The molecule has 1 atom stereocenters. The second-order valence-electron chi connectivity index (χ2n) is 8.61. The molecule has 4 rings (SSSR count). The number of fused-ring (bicyclic) bond motifs is 1. The van der Waals surface area contributed by atoms with Gasteiger partial charge in [-0.15, -0.1) is 0 Å². The molecule has 0 radical (unpaired) electrons. The SMILES string of the molecule is CC(=O)OC1(C(C)=O)C(=O)CCCc2cc(OCc3ccccc3)cc(OCc3ccccc3)c21. The minimum absolute atomic E-state index is 0.111. The Bertz CT molecular complexity index is 1220. The predicted octanol–water partition coefficient (Wildman–Crippen LogP) is 5.10. The van der Waals surface area contributed by atoms with Gasteiger partial charge in [0.1, 0.15) is 24.7 Å². The number of hydrogen-bond acceptors (Lipinski definition) is 6. The average Bonchev–Trinajstić information content (AvgIpc) is 2.99. The van der Waals surface area contributed by atoms with Crippen molar-refractivity contribution in [2.45, 2.75) is 51.9 Å². The van der Waals surface area contributed by atoms with E-state index in [4.69, 9.17) is 14.2 Å². The van der Waals surface area contributed by atoms with Crippen molar-refractivity contribution in [1.29, 1.82) is 0 Å². The van der Waals surface area contributed by atoms with Gasteiger partial charge in [-0.3, -0.25) is 14.4 Å². The van der Waals surface area contributed by atoms with Crippen molar-refractivity contribution >= 4 is 17.5 Å². The molecule has 0 bridgehead atoms. The summed E-state index contributed by atoms with van der Waals surface area (Å²) < 4.78 is 17.8. The van der Waals surface area contributed by atoms with Gasteiger partial charge in [-0.1, -0.05) is 60.7 Å². The van der Waals surface area contributed by atoms with Gasteiger partial charge in [-0.25, -0.2) is 0 Å². The predicted molar refractivity (Wildman–Crippen MR) is 130 cm³/mol. The van der Waals surface area contributed by atoms with Gasteiger partial charge in [0, 0.05) is 19.4 Å². The lowest BCUT2D eigenvalue weighted by Crippen LogP contribution is -2.46. The highest BCUT2D eigenvalue weighted by molar-refractivity contribution is 6.12. The molecule has 0 fully saturated rings. The fourth-order valence-corrected chi connectivity index (χ4v) is 4.44. The highest BCUT2D eigenvalue weighted by Gasteiger charge is 2.52. The van der Waals surface area contributed by atoms with E-state index in [1.165, 1.54) is 13.8 Å². The number of rotatable bonds is 8. The summed E-state index contributed by atoms with van der Waals surface area (Å²) in [5, 5.41) is 0. The summed E-state index contributed by atoms with van der Waals surface area (Å²) in [5.41, 5.74) is 0.869. The normalized spacial score (nSPS) is 17.1. The molecule has 1 aliphatic rings. The zero-order valence-corrected chi connectivity index (χ0v) is 19.9. The number of ketones is 2. The second-order valence-corrected chi connectivity index (χ2v) is 8.61. The Morgan fingerprint density at radius 2 is 1.43 bits per heavy atom. The number of carbonyl (C=O) groups is 3. The first kappa shape index (κ1) is 24.2. The number of aryl methyl sites for hydroxylation is 1. The van der Waals surface area contributed by atoms with E-state index in [9.17, 15) is 14.4 Å². The van der Waals surface area contributed by atoms with Crippen molar-refractivity contribution in [3.63, 3.8) is 0 Å². The molecule has 6 nitrogen and oxygen atoms in total. The molecule has 1 aliphatic carbocycles. The largest absolute Gasteiger partial charge is 0.489 e. The summed E-state index contributed by atoms with van der Waals surface area (Å²) in [6, 6.07) is 22.8. The van der Waals surface area contributed by atoms with Crippen LogP contribution in [-0.4, -0.2) is 17.5 Å². The lowest BCUT2D eigenvalue weighted by Gasteiger charge is -2.31. The molecule has 0 spiro atoms. The molecule has 35 heavy (non-hydrogen) atoms. The van der Waals surface area contributed by atoms with Gasteiger partial charge >= 0.3 is 5.97 Å². The average molecular weight is 473 g/mol. The molecular weight excluding hydrogens is 444 g/mol. The summed E-state index contributed by atoms with van der Waals surface area (Å²) in [5.74, 6) is -0.865. The van der Waals surface area contributed by atoms with Crippen molar-refractivity contribution < 1.29 is 28.6 Å². The maximum absolute atomic E-state index is 13.3. The molecule has 0 aliphatic heterocycles. The van der Waals surface area contributed by atoms with Gasteiger partial charge in [0.25, 0.3) is 5.60 Å². The summed E-state index contributed by atoms with van der Waals surface area (Å²) in [7, 11) is 0. The van der Waals surface area contributed by atoms with Crippen LogP contribution in [0, 0.1) is 0 Å². The van der Waals surface area contributed by atoms with Crippen LogP contribution >= 0.6 is 0 Å². The minimum Gasteiger partial charge on any atom is -0.489 e. The Labute approximate surface area is 204 Å². The van der Waals surface area contributed by atoms with Gasteiger partial charge in [0.2, 0.25) is 0 Å². The van der Waals surface area contributed by atoms with Gasteiger partial charge in [0.15, 0.2) is 11.6 Å². The van der Waals surface area contributed by atoms with E-state index in [1.54, 1.807) is 6.07 Å². The lowest BCUT2D eigenvalue weighted by atomic mass is 9.82. The standard InChI is InChI=1S/C29H28O6/c1-20(30)29(35-21(2)31)27(32)15-9-14-24-16-25(33-18-22-10-5-3-6-11-22)17-26(28(24)29)34-19-23-12-7-4-8-13-23/h3-8,10-13,16-17H,9,14-15,18-19H2,1-2H3. The molecule has 3 aromatic rings. The first-order chi connectivity index (χ1) is 16.9. The molecule has 6 heteroatoms. The van der Waals surface area contributed by atoms with Gasteiger partial charge in [-0.2, -0.15) is 0 Å². The van der Waals surface area contributed by atoms with Gasteiger partial charge in [-0.05, 0) is 42.5 Å². The van der Waals surface area contributed by atoms with Crippen molar-refractivity contribution in [1.82, 2.24) is 0 Å². The molecule has 0 N–H and O–H groups in total. The van der Waals surface area contributed by atoms with Crippen molar-refractivity contribution in [3.05, 3.63) is 95.1 Å². The topological polar surface area (TPSA) is 78.9 Å². The maximum Gasteiger partial charge on any atom is 0.304 e. The van der Waals surface area contributed by atoms with Crippen LogP contribution in [0.15, 0.2) is 72.8 Å². The summed E-state index contributed by atoms with van der Waals surface area (Å²) in [6.45, 7) is 3.03. The molecule has 1 unspecified atom stereocenters. The van der Waals surface area contributed by atoms with Crippen LogP contribution in [0.5, 0.6) is 11.5 Å². The Morgan fingerprint density at radius 1 is 0.829 bits per heavy atom. The molecule has 0 heterocycles. The van der Waals surface area contributed by atoms with E-state index in [-0.39, 0.29) is 13.0 Å². The molecule has 0 saturated carbocycles. The first-order valence-corrected chi connectivity index (χ1v) is 11.6. The molecule has 3 aromatic carbocycles. The molecule has 180 valence electrons. The number of esters is 1. The molecular formula is C29H28O6. The lowest BCUT2D eigenvalue weighted by molar-refractivity contribution is -0.172. The van der Waals surface area contributed by atoms with Gasteiger partial charge in [0.05, 0.1) is 5.56 Å². The monoisotopic (exact) mass is 472 g/mol. The zero-order valence-electron chi connectivity index (χ0n) is 19.9. The Kier molecular flexibility index (Phi) is 7.30. The summed E-state index contributed by atoms with van der Waals surface area (Å²) in [4.78, 5) is 38.4. The van der Waals surface area contributed by atoms with Crippen molar-refractivity contribution in [3.8, 4) is 11.5 Å². The third-order valence-corrected chi connectivity index (χ3v) is 6.03. The van der Waals surface area contributed by atoms with E-state index in [0.717, 1.165) is 11.1 Å². The van der Waals surface area contributed by atoms with E-state index in [1.807, 2.05) is 66.7 Å². The van der Waals surface area contributed by atoms with E-state index in [0.29, 0.717) is 42.1 Å². The van der Waals surface area contributed by atoms with Crippen molar-refractivity contribution in [2.75, 3.05) is 0 Å². The fourth-order valence-electron chi connectivity index (χ4n) is 4.44. The van der Waals surface area contributed by atoms with E-state index in [2.05, 4.69) is 0 Å². The van der Waals surface area contributed by atoms with Crippen LogP contribution in [0.3, 0.4) is 0 Å². The van der Waals surface area contributed by atoms with Crippen LogP contribution < -0.4 is 9.47 Å². The van der Waals surface area contributed by atoms with Crippen LogP contribution in [0.4, 0.5) is 0 Å². The summed E-state index contributed by atoms with van der Waals surface area (Å²) in [6.07, 6.45) is 1.14. The first-order valence-electron chi connectivity index (χ1n) is 11.6. The number of benzene rings is 3. The fraction of sp³-hybridized carbons (Fsp3) is 0.276. The van der Waals surface area contributed by atoms with Crippen LogP contribution in [0.2, 0.25) is 0 Å². The summed E-state index contributed by atoms with van der Waals surface area (Å²) >= 11 is 0. The highest BCUT2D eigenvalue weighted by atomic mass is 16.6. The smallest absolute Gasteiger partial charge is 0.304 e. The van der Waals surface area contributed by atoms with Crippen LogP contribution in [0.25, 0.3) is 0 Å². The minimum atomic E-state index is -2.04. The van der Waals surface area contributed by atoms with Gasteiger partial charge < -0.3 is 14.2 Å². The molecule has 0 amide bonds. The van der Waals surface area contributed by atoms with Crippen LogP contribution in [0.1, 0.15) is 48.9 Å². The Morgan fingerprint density at radius 3 is 2.00 bits per heavy atom. The second kappa shape index (κ2) is 10.6. The third-order valence-electron chi connectivity index (χ3n) is 6.03. The van der Waals surface area contributed by atoms with Crippen LogP contribution in [-0.2, 0) is 44.4 Å². The number of hydrogen-bond donors (Lipinski definition) is 0. The zero-order chi connectivity index (χ0) is 24.8. The number of ether oxygens (including phenoxy) is 3. The Balaban J connectivity index is 1.81.